The van der Waals surface area contributed by atoms with Gasteiger partial charge in [0.25, 0.3) is 26.8 Å². The van der Waals surface area contributed by atoms with Crippen LogP contribution in [0.25, 0.3) is 0 Å². The van der Waals surface area contributed by atoms with Gasteiger partial charge >= 0.3 is 0 Å². The highest BCUT2D eigenvalue weighted by Crippen LogP contribution is 2.54. The number of methoxy groups -OCH3 is 2. The second-order valence-corrected chi connectivity index (χ2v) is 41.4. The van der Waals surface area contributed by atoms with Crippen LogP contribution in [0, 0.1) is 35.5 Å². The van der Waals surface area contributed by atoms with Gasteiger partial charge in [-0.1, -0.05) is 241 Å². The fourth-order valence-corrected chi connectivity index (χ4v) is 28.6. The SMILES string of the molecule is COc1cccc2c1C[C@H]1C[C@@H](O[Si](c3ccccc3)(c3ccccc3)C(C)(C)C)[C@H](CC[C@@H](O)COS(=O)(=O)c3c(C(C)C)cc(C(C)C)cc3C(C)C)[C@H]1C2.COc1cccc2c1C[C@H]1C[C@@H](O[Si](c3ccccc3)(c3ccccc3)C(C)(C)C)[C@H](CC[C@@H]3CO3)[C@H]1C2. The predicted molar refractivity (Wildman–Crippen MR) is 392 cm³/mol. The highest BCUT2D eigenvalue weighted by atomic mass is 32.2. The van der Waals surface area contributed by atoms with Crippen molar-refractivity contribution in [3.63, 3.8) is 0 Å². The molecule has 0 spiro atoms. The fraction of sp³-hybridized carbons (Fsp3) is 0.494. The molecular weight excluding hydrogens is 1230 g/mol. The summed E-state index contributed by atoms with van der Waals surface area (Å²) in [6, 6.07) is 61.0. The summed E-state index contributed by atoms with van der Waals surface area (Å²) in [6.45, 7) is 27.2. The van der Waals surface area contributed by atoms with Gasteiger partial charge in [-0.15, -0.1) is 0 Å². The van der Waals surface area contributed by atoms with Gasteiger partial charge in [0.2, 0.25) is 0 Å². The van der Waals surface area contributed by atoms with Gasteiger partial charge in [-0.25, -0.2) is 0 Å². The van der Waals surface area contributed by atoms with Crippen LogP contribution in [0.1, 0.15) is 178 Å². The number of hydrogen-bond acceptors (Lipinski definition) is 9. The quantitative estimate of drug-likeness (QED) is 0.0380. The van der Waals surface area contributed by atoms with Gasteiger partial charge in [-0.2, -0.15) is 8.42 Å². The molecule has 0 unspecified atom stereocenters. The van der Waals surface area contributed by atoms with E-state index in [0.29, 0.717) is 48.5 Å². The molecule has 7 aromatic rings. The van der Waals surface area contributed by atoms with Crippen molar-refractivity contribution >= 4 is 47.5 Å². The van der Waals surface area contributed by atoms with E-state index in [0.717, 1.165) is 79.7 Å². The third kappa shape index (κ3) is 14.7. The van der Waals surface area contributed by atoms with E-state index in [-0.39, 0.29) is 57.5 Å². The van der Waals surface area contributed by atoms with Gasteiger partial charge < -0.3 is 28.2 Å². The minimum Gasteiger partial charge on any atom is -0.496 e. The predicted octanol–water partition coefficient (Wildman–Crippen LogP) is 16.1. The molecule has 7 aromatic carbocycles. The van der Waals surface area contributed by atoms with Gasteiger partial charge in [0.05, 0.1) is 39.6 Å². The maximum absolute atomic E-state index is 14.1. The largest absolute Gasteiger partial charge is 0.496 e. The number of aliphatic hydroxyl groups excluding tert-OH is 1. The molecule has 12 heteroatoms. The molecule has 10 atom stereocenters. The summed E-state index contributed by atoms with van der Waals surface area (Å²) in [5.74, 6) is 4.98. The lowest BCUT2D eigenvalue weighted by atomic mass is 9.73. The summed E-state index contributed by atoms with van der Waals surface area (Å²) in [6.07, 6.45) is 9.28. The van der Waals surface area contributed by atoms with E-state index in [1.54, 1.807) is 7.11 Å². The van der Waals surface area contributed by atoms with E-state index in [2.05, 4.69) is 213 Å². The summed E-state index contributed by atoms with van der Waals surface area (Å²) in [4.78, 5) is 0.262. The molecule has 95 heavy (non-hydrogen) atoms. The van der Waals surface area contributed by atoms with Crippen LogP contribution < -0.4 is 30.2 Å². The molecule has 1 N–H and O–H groups in total. The Bertz CT molecular complexity index is 3680. The van der Waals surface area contributed by atoms with Gasteiger partial charge in [0.1, 0.15) is 16.4 Å². The molecule has 0 radical (unpaired) electrons. The van der Waals surface area contributed by atoms with Gasteiger partial charge in [0.15, 0.2) is 0 Å². The van der Waals surface area contributed by atoms with Gasteiger partial charge in [-0.3, -0.25) is 4.18 Å². The van der Waals surface area contributed by atoms with E-state index in [1.807, 2.05) is 46.9 Å². The highest BCUT2D eigenvalue weighted by molar-refractivity contribution is 7.86. The average molecular weight is 1340 g/mol. The smallest absolute Gasteiger partial charge is 0.297 e. The van der Waals surface area contributed by atoms with E-state index in [1.165, 1.54) is 49.4 Å². The number of aliphatic hydroxyl groups is 1. The Morgan fingerprint density at radius 3 is 1.25 bits per heavy atom. The zero-order valence-corrected chi connectivity index (χ0v) is 62.1. The zero-order valence-electron chi connectivity index (χ0n) is 59.3. The maximum Gasteiger partial charge on any atom is 0.297 e. The molecule has 1 aliphatic heterocycles. The number of fused-ring (bicyclic) bond motifs is 4. The maximum atomic E-state index is 14.1. The molecule has 508 valence electrons. The second-order valence-electron chi connectivity index (χ2n) is 31.3. The topological polar surface area (TPSA) is 113 Å². The summed E-state index contributed by atoms with van der Waals surface area (Å²) in [5.41, 5.74) is 8.19. The highest BCUT2D eigenvalue weighted by Gasteiger charge is 2.58. The lowest BCUT2D eigenvalue weighted by Gasteiger charge is -2.46. The molecule has 9 nitrogen and oxygen atoms in total. The molecule has 0 bridgehead atoms. The van der Waals surface area contributed by atoms with Crippen LogP contribution in [-0.4, -0.2) is 82.0 Å². The van der Waals surface area contributed by atoms with Crippen LogP contribution in [0.4, 0.5) is 0 Å². The monoisotopic (exact) mass is 1340 g/mol. The Morgan fingerprint density at radius 2 is 0.905 bits per heavy atom. The summed E-state index contributed by atoms with van der Waals surface area (Å²) < 4.78 is 67.0. The number of hydrogen-bond donors (Lipinski definition) is 1. The number of benzene rings is 7. The van der Waals surface area contributed by atoms with E-state index >= 15 is 0 Å². The Balaban J connectivity index is 0.000000209. The first kappa shape index (κ1) is 70.6. The first-order valence-corrected chi connectivity index (χ1v) is 40.8. The van der Waals surface area contributed by atoms with Crippen molar-refractivity contribution in [3.05, 3.63) is 209 Å². The number of ether oxygens (including phenoxy) is 3. The normalized spacial score (nSPS) is 22.9. The summed E-state index contributed by atoms with van der Waals surface area (Å²) in [7, 11) is -6.08. The Labute approximate surface area is 572 Å². The minimum absolute atomic E-state index is 0.0112. The molecular formula is C83H108O9SSi2. The third-order valence-corrected chi connectivity index (χ3v) is 33.9. The fourth-order valence-electron chi connectivity index (χ4n) is 17.5. The first-order valence-electron chi connectivity index (χ1n) is 35.6. The number of epoxide rings is 1. The second kappa shape index (κ2) is 29.4. The molecule has 2 saturated carbocycles. The van der Waals surface area contributed by atoms with Crippen LogP contribution >= 0.6 is 0 Å². The van der Waals surface area contributed by atoms with Crippen LogP contribution in [0.3, 0.4) is 0 Å². The van der Waals surface area contributed by atoms with Crippen LogP contribution in [-0.2, 0) is 53.6 Å². The van der Waals surface area contributed by atoms with E-state index < -0.39 is 32.9 Å². The van der Waals surface area contributed by atoms with Gasteiger partial charge in [-0.05, 0) is 199 Å². The Morgan fingerprint density at radius 1 is 0.516 bits per heavy atom. The van der Waals surface area contributed by atoms with Crippen molar-refractivity contribution < 1.29 is 40.8 Å². The molecule has 4 aliphatic carbocycles. The van der Waals surface area contributed by atoms with Crippen molar-refractivity contribution in [2.45, 2.75) is 204 Å². The lowest BCUT2D eigenvalue weighted by molar-refractivity contribution is 0.0745. The average Bonchev–Trinajstić information content (AvgIpc) is 1.73. The van der Waals surface area contributed by atoms with E-state index in [9.17, 15) is 13.5 Å². The summed E-state index contributed by atoms with van der Waals surface area (Å²) >= 11 is 0. The molecule has 12 rings (SSSR count). The molecule has 3 fully saturated rings. The van der Waals surface area contributed by atoms with Crippen molar-refractivity contribution in [1.82, 2.24) is 0 Å². The summed E-state index contributed by atoms with van der Waals surface area (Å²) in [5, 5.41) is 16.6. The molecule has 1 saturated heterocycles. The third-order valence-electron chi connectivity index (χ3n) is 22.4. The van der Waals surface area contributed by atoms with Crippen LogP contribution in [0.2, 0.25) is 10.1 Å². The van der Waals surface area contributed by atoms with Crippen molar-refractivity contribution in [3.8, 4) is 11.5 Å². The Hall–Kier alpha value is -5.68. The zero-order chi connectivity index (χ0) is 67.6. The van der Waals surface area contributed by atoms with Crippen LogP contribution in [0.5, 0.6) is 11.5 Å². The van der Waals surface area contributed by atoms with E-state index in [4.69, 9.17) is 27.2 Å². The van der Waals surface area contributed by atoms with Crippen molar-refractivity contribution in [1.29, 1.82) is 0 Å². The molecule has 0 aromatic heterocycles. The number of rotatable bonds is 23. The minimum atomic E-state index is -4.15. The van der Waals surface area contributed by atoms with Crippen molar-refractivity contribution in [2.24, 2.45) is 35.5 Å². The van der Waals surface area contributed by atoms with Crippen LogP contribution in [0.15, 0.2) is 175 Å². The standard InChI is InChI=1S/C49H66O6SSi.C34H42O3Si/c1-32(2)36-27-42(33(3)4)48(43(28-36)34(5)6)56(51,52)54-31-38(50)24-25-41-44-26-35-18-17-23-46(53-10)45(35)29-37(44)30-47(41)55-57(49(7,8)9,39-19-13-11-14-20-39)40-21-15-12-16-22-40;1-34(2,3)38(27-13-7-5-8-14-27,28-15-9-6-10-16-28)37-33-22-25-21-31-24(12-11-17-32(31)35-4)20-30(25)29(33)19-18-26-23-36-26/h11-23,27-28,32-34,37-38,41,44,47,50H,24-26,29-31H2,1-10H3;5-17,25-26,29-30,33H,18-23H2,1-4H3/t37-,38+,41+,44-,47+;25-,26+,29+,30-,33+/m00/s1. The molecule has 0 amide bonds. The lowest BCUT2D eigenvalue weighted by Crippen LogP contribution is -2.68. The Kier molecular flexibility index (Phi) is 21.9. The van der Waals surface area contributed by atoms with Gasteiger partial charge in [0, 0.05) is 12.2 Å². The first-order chi connectivity index (χ1) is 45.4. The molecule has 1 heterocycles. The molecule has 5 aliphatic rings. The van der Waals surface area contributed by atoms with Crippen molar-refractivity contribution in [2.75, 3.05) is 27.4 Å².